The van der Waals surface area contributed by atoms with E-state index in [0.717, 1.165) is 10.7 Å². The summed E-state index contributed by atoms with van der Waals surface area (Å²) in [5.41, 5.74) is 2.25. The third-order valence-corrected chi connectivity index (χ3v) is 4.13. The van der Waals surface area contributed by atoms with Crippen molar-refractivity contribution in [3.05, 3.63) is 54.7 Å². The Kier molecular flexibility index (Phi) is 2.29. The van der Waals surface area contributed by atoms with E-state index < -0.39 is 0 Å². The van der Waals surface area contributed by atoms with Gasteiger partial charge in [0.05, 0.1) is 5.52 Å². The number of para-hydroxylation sites is 1. The molecule has 4 aromatic rings. The molecule has 4 rings (SSSR count). The highest BCUT2D eigenvalue weighted by atomic mass is 32.2. The Balaban J connectivity index is 2.37. The minimum atomic E-state index is 1.04. The second kappa shape index (κ2) is 4.00. The minimum Gasteiger partial charge on any atom is -0.298 e. The molecule has 0 bridgehead atoms. The third-order valence-electron chi connectivity index (χ3n) is 3.51. The quantitative estimate of drug-likeness (QED) is 0.375. The van der Waals surface area contributed by atoms with E-state index in [9.17, 15) is 0 Å². The topological polar surface area (TPSA) is 17.3 Å². The van der Waals surface area contributed by atoms with Crippen molar-refractivity contribution < 1.29 is 0 Å². The molecule has 0 N–H and O–H groups in total. The van der Waals surface area contributed by atoms with Crippen molar-refractivity contribution >= 4 is 39.1 Å². The highest BCUT2D eigenvalue weighted by Crippen LogP contribution is 2.30. The smallest absolute Gasteiger partial charge is 0.146 e. The third kappa shape index (κ3) is 1.48. The molecule has 2 heterocycles. The van der Waals surface area contributed by atoms with Crippen LogP contribution < -0.4 is 0 Å². The lowest BCUT2D eigenvalue weighted by atomic mass is 10.1. The maximum Gasteiger partial charge on any atom is 0.146 e. The lowest BCUT2D eigenvalue weighted by molar-refractivity contribution is 1.23. The van der Waals surface area contributed by atoms with Gasteiger partial charge in [-0.25, -0.2) is 4.98 Å². The van der Waals surface area contributed by atoms with E-state index in [-0.39, 0.29) is 0 Å². The number of hydrogen-bond donors (Lipinski definition) is 0. The van der Waals surface area contributed by atoms with Crippen molar-refractivity contribution in [1.82, 2.24) is 9.38 Å². The average molecular weight is 264 g/mol. The molecule has 2 nitrogen and oxygen atoms in total. The van der Waals surface area contributed by atoms with Crippen LogP contribution in [0, 0.1) is 0 Å². The molecule has 0 aliphatic rings. The molecule has 0 fully saturated rings. The molecule has 92 valence electrons. The van der Waals surface area contributed by atoms with Crippen molar-refractivity contribution in [1.29, 1.82) is 0 Å². The summed E-state index contributed by atoms with van der Waals surface area (Å²) in [6, 6.07) is 17.0. The Bertz CT molecular complexity index is 836. The molecule has 0 atom stereocenters. The van der Waals surface area contributed by atoms with Gasteiger partial charge in [-0.05, 0) is 17.7 Å². The lowest BCUT2D eigenvalue weighted by Crippen LogP contribution is -1.89. The Hall–Kier alpha value is -2.00. The fraction of sp³-hybridized carbons (Fsp3) is 0.0625. The first-order valence-electron chi connectivity index (χ1n) is 6.21. The summed E-state index contributed by atoms with van der Waals surface area (Å²) >= 11 is 1.68. The van der Waals surface area contributed by atoms with Gasteiger partial charge in [0.25, 0.3) is 0 Å². The molecule has 0 aliphatic heterocycles. The first-order valence-corrected chi connectivity index (χ1v) is 7.43. The van der Waals surface area contributed by atoms with Crippen LogP contribution in [-0.2, 0) is 0 Å². The standard InChI is InChI=1S/C16H12N2S/c1-19-15-10-18-14-9-5-4-7-12(14)11-6-2-3-8-13(11)16(18)17-15/h2-10H,1H3. The van der Waals surface area contributed by atoms with Crippen LogP contribution in [0.5, 0.6) is 0 Å². The Labute approximate surface area is 115 Å². The molecule has 0 aliphatic carbocycles. The lowest BCUT2D eigenvalue weighted by Gasteiger charge is -2.07. The van der Waals surface area contributed by atoms with Crippen molar-refractivity contribution in [2.45, 2.75) is 5.03 Å². The van der Waals surface area contributed by atoms with Gasteiger partial charge in [0.2, 0.25) is 0 Å². The first kappa shape index (κ1) is 10.9. The molecule has 0 radical (unpaired) electrons. The van der Waals surface area contributed by atoms with Crippen LogP contribution in [-0.4, -0.2) is 15.6 Å². The molecule has 0 saturated carbocycles. The summed E-state index contributed by atoms with van der Waals surface area (Å²) in [5.74, 6) is 0. The van der Waals surface area contributed by atoms with Gasteiger partial charge in [0.1, 0.15) is 10.7 Å². The van der Waals surface area contributed by atoms with Crippen LogP contribution in [0.3, 0.4) is 0 Å². The molecule has 19 heavy (non-hydrogen) atoms. The van der Waals surface area contributed by atoms with E-state index in [2.05, 4.69) is 65.4 Å². The number of benzene rings is 2. The van der Waals surface area contributed by atoms with Gasteiger partial charge in [0, 0.05) is 17.0 Å². The van der Waals surface area contributed by atoms with Gasteiger partial charge in [0.15, 0.2) is 0 Å². The molecule has 0 amide bonds. The van der Waals surface area contributed by atoms with Gasteiger partial charge in [-0.2, -0.15) is 0 Å². The maximum absolute atomic E-state index is 4.74. The summed E-state index contributed by atoms with van der Waals surface area (Å²) in [7, 11) is 0. The SMILES string of the molecule is CSc1cn2c3ccccc3c3ccccc3c2n1. The van der Waals surface area contributed by atoms with Gasteiger partial charge in [-0.1, -0.05) is 42.5 Å². The van der Waals surface area contributed by atoms with Crippen LogP contribution in [0.25, 0.3) is 27.3 Å². The van der Waals surface area contributed by atoms with Crippen LogP contribution >= 0.6 is 11.8 Å². The monoisotopic (exact) mass is 264 g/mol. The summed E-state index contributed by atoms with van der Waals surface area (Å²) in [6.45, 7) is 0. The zero-order chi connectivity index (χ0) is 12.8. The number of nitrogens with zero attached hydrogens (tertiary/aromatic N) is 2. The molecule has 0 spiro atoms. The molecule has 0 unspecified atom stereocenters. The molecule has 2 aromatic carbocycles. The number of hydrogen-bond acceptors (Lipinski definition) is 2. The summed E-state index contributed by atoms with van der Waals surface area (Å²) in [6.07, 6.45) is 4.18. The fourth-order valence-corrected chi connectivity index (χ4v) is 3.04. The number of fused-ring (bicyclic) bond motifs is 6. The Morgan fingerprint density at radius 3 is 2.37 bits per heavy atom. The largest absolute Gasteiger partial charge is 0.298 e. The number of imidazole rings is 1. The fourth-order valence-electron chi connectivity index (χ4n) is 2.66. The molecule has 3 heteroatoms. The predicted molar refractivity (Wildman–Crippen MR) is 82.0 cm³/mol. The van der Waals surface area contributed by atoms with Gasteiger partial charge in [-0.3, -0.25) is 4.40 Å². The van der Waals surface area contributed by atoms with E-state index in [1.807, 2.05) is 0 Å². The highest BCUT2D eigenvalue weighted by molar-refractivity contribution is 7.98. The number of pyridine rings is 1. The minimum absolute atomic E-state index is 1.04. The van der Waals surface area contributed by atoms with Crippen LogP contribution in [0.1, 0.15) is 0 Å². The van der Waals surface area contributed by atoms with E-state index in [1.54, 1.807) is 11.8 Å². The van der Waals surface area contributed by atoms with Crippen LogP contribution in [0.4, 0.5) is 0 Å². The zero-order valence-corrected chi connectivity index (χ0v) is 11.3. The number of thioether (sulfide) groups is 1. The molecular formula is C16H12N2S. The van der Waals surface area contributed by atoms with E-state index >= 15 is 0 Å². The maximum atomic E-state index is 4.74. The first-order chi connectivity index (χ1) is 9.38. The van der Waals surface area contributed by atoms with Crippen LogP contribution in [0.2, 0.25) is 0 Å². The second-order valence-corrected chi connectivity index (χ2v) is 5.37. The van der Waals surface area contributed by atoms with E-state index in [0.29, 0.717) is 0 Å². The highest BCUT2D eigenvalue weighted by Gasteiger charge is 2.10. The number of rotatable bonds is 1. The zero-order valence-electron chi connectivity index (χ0n) is 10.5. The molecule has 2 aromatic heterocycles. The summed E-state index contributed by atoms with van der Waals surface area (Å²) < 4.78 is 2.20. The van der Waals surface area contributed by atoms with E-state index in [1.165, 1.54) is 21.7 Å². The normalized spacial score (nSPS) is 11.6. The average Bonchev–Trinajstić information content (AvgIpc) is 2.92. The molecular weight excluding hydrogens is 252 g/mol. The summed E-state index contributed by atoms with van der Waals surface area (Å²) in [4.78, 5) is 4.74. The van der Waals surface area contributed by atoms with Gasteiger partial charge in [-0.15, -0.1) is 11.8 Å². The van der Waals surface area contributed by atoms with Gasteiger partial charge < -0.3 is 0 Å². The van der Waals surface area contributed by atoms with Gasteiger partial charge >= 0.3 is 0 Å². The second-order valence-electron chi connectivity index (χ2n) is 4.54. The summed E-state index contributed by atoms with van der Waals surface area (Å²) in [5, 5.41) is 4.81. The van der Waals surface area contributed by atoms with E-state index in [4.69, 9.17) is 4.98 Å². The number of aromatic nitrogens is 2. The van der Waals surface area contributed by atoms with Crippen molar-refractivity contribution in [3.63, 3.8) is 0 Å². The molecule has 0 saturated heterocycles. The van der Waals surface area contributed by atoms with Crippen molar-refractivity contribution in [3.8, 4) is 0 Å². The Morgan fingerprint density at radius 1 is 0.895 bits per heavy atom. The predicted octanol–water partition coefficient (Wildman–Crippen LogP) is 4.36. The van der Waals surface area contributed by atoms with Crippen molar-refractivity contribution in [2.24, 2.45) is 0 Å². The van der Waals surface area contributed by atoms with Crippen LogP contribution in [0.15, 0.2) is 59.8 Å². The van der Waals surface area contributed by atoms with Crippen molar-refractivity contribution in [2.75, 3.05) is 6.26 Å². The Morgan fingerprint density at radius 2 is 1.58 bits per heavy atom.